The summed E-state index contributed by atoms with van der Waals surface area (Å²) < 4.78 is 3.78. The molecule has 0 aliphatic rings. The number of unbranched alkanes of at least 4 members (excludes halogenated alkanes) is 2. The van der Waals surface area contributed by atoms with Crippen LogP contribution in [0.3, 0.4) is 0 Å². The van der Waals surface area contributed by atoms with Crippen LogP contribution in [0.15, 0.2) is 37.3 Å². The van der Waals surface area contributed by atoms with Crippen LogP contribution in [0.5, 0.6) is 0 Å². The molecule has 0 fully saturated rings. The molecule has 0 saturated heterocycles. The van der Waals surface area contributed by atoms with Crippen LogP contribution in [-0.2, 0) is 45.0 Å². The molecule has 14 heteroatoms. The predicted octanol–water partition coefficient (Wildman–Crippen LogP) is 0.793. The number of hydrogen-bond acceptors (Lipinski definition) is 7. The summed E-state index contributed by atoms with van der Waals surface area (Å²) in [5, 5.41) is 24.1. The number of aliphatic carboxylic acids is 2. The van der Waals surface area contributed by atoms with Gasteiger partial charge in [-0.2, -0.15) is 0 Å². The average molecular weight is 571 g/mol. The van der Waals surface area contributed by atoms with Crippen LogP contribution in [0, 0.1) is 0 Å². The molecule has 0 aliphatic heterocycles. The highest BCUT2D eigenvalue weighted by molar-refractivity contribution is 5.84. The highest BCUT2D eigenvalue weighted by atomic mass is 16.4. The van der Waals surface area contributed by atoms with Crippen molar-refractivity contribution in [3.63, 3.8) is 0 Å². The Hall–Kier alpha value is -4.46. The van der Waals surface area contributed by atoms with Crippen molar-refractivity contribution in [2.75, 3.05) is 6.54 Å². The second-order valence-electron chi connectivity index (χ2n) is 9.76. The lowest BCUT2D eigenvalue weighted by Crippen LogP contribution is -2.42. The highest BCUT2D eigenvalue weighted by Crippen LogP contribution is 2.21. The molecule has 3 heterocycles. The lowest BCUT2D eigenvalue weighted by Gasteiger charge is -2.15. The van der Waals surface area contributed by atoms with E-state index >= 15 is 0 Å². The predicted molar refractivity (Wildman–Crippen MR) is 148 cm³/mol. The van der Waals surface area contributed by atoms with Crippen LogP contribution in [-0.4, -0.2) is 76.7 Å². The first-order valence-corrected chi connectivity index (χ1v) is 13.6. The van der Waals surface area contributed by atoms with Gasteiger partial charge in [0.05, 0.1) is 24.0 Å². The Morgan fingerprint density at radius 3 is 2.39 bits per heavy atom. The van der Waals surface area contributed by atoms with Crippen molar-refractivity contribution in [1.29, 1.82) is 0 Å². The fourth-order valence-electron chi connectivity index (χ4n) is 4.46. The summed E-state index contributed by atoms with van der Waals surface area (Å²) in [6, 6.07) is -0.306. The third-order valence-electron chi connectivity index (χ3n) is 6.60. The summed E-state index contributed by atoms with van der Waals surface area (Å²) in [7, 11) is 0. The molecule has 3 aromatic heterocycles. The smallest absolute Gasteiger partial charge is 0.326 e. The molecule has 0 bridgehead atoms. The Balaban J connectivity index is 1.71. The van der Waals surface area contributed by atoms with E-state index in [1.54, 1.807) is 17.1 Å². The summed E-state index contributed by atoms with van der Waals surface area (Å²) in [5.41, 5.74) is 8.32. The minimum Gasteiger partial charge on any atom is -0.480 e. The Kier molecular flexibility index (Phi) is 11.6. The van der Waals surface area contributed by atoms with Crippen molar-refractivity contribution >= 4 is 23.8 Å². The van der Waals surface area contributed by atoms with Crippen LogP contribution in [0.1, 0.15) is 56.1 Å². The highest BCUT2D eigenvalue weighted by Gasteiger charge is 2.23. The van der Waals surface area contributed by atoms with Gasteiger partial charge in [-0.05, 0) is 18.9 Å². The quantitative estimate of drug-likeness (QED) is 0.119. The van der Waals surface area contributed by atoms with Crippen molar-refractivity contribution in [2.24, 2.45) is 5.73 Å². The summed E-state index contributed by atoms with van der Waals surface area (Å²) in [6.07, 6.45) is 12.1. The zero-order chi connectivity index (χ0) is 29.8. The number of H-pyrrole nitrogens is 1. The van der Waals surface area contributed by atoms with E-state index in [0.29, 0.717) is 17.9 Å². The normalized spacial score (nSPS) is 12.5. The number of imidazole rings is 2. The van der Waals surface area contributed by atoms with Crippen LogP contribution in [0.25, 0.3) is 5.69 Å². The molecule has 3 rings (SSSR count). The molecule has 0 saturated carbocycles. The van der Waals surface area contributed by atoms with Crippen LogP contribution >= 0.6 is 0 Å². The fraction of sp³-hybridized carbons (Fsp3) is 0.481. The largest absolute Gasteiger partial charge is 0.480 e. The third-order valence-corrected chi connectivity index (χ3v) is 6.60. The van der Waals surface area contributed by atoms with E-state index in [1.807, 2.05) is 16.8 Å². The van der Waals surface area contributed by atoms with Crippen molar-refractivity contribution in [3.8, 4) is 5.69 Å². The second-order valence-corrected chi connectivity index (χ2v) is 9.76. The van der Waals surface area contributed by atoms with Gasteiger partial charge in [0.15, 0.2) is 0 Å². The molecule has 0 radical (unpaired) electrons. The Labute approximate surface area is 237 Å². The molecule has 222 valence electrons. The number of aryl methyl sites for hydroxylation is 1. The number of hydrogen-bond donors (Lipinski definition) is 6. The maximum absolute atomic E-state index is 12.7. The minimum atomic E-state index is -1.16. The molecule has 0 aliphatic carbocycles. The van der Waals surface area contributed by atoms with Crippen molar-refractivity contribution in [3.05, 3.63) is 54.4 Å². The number of nitrogens with zero attached hydrogens (tertiary/aromatic N) is 4. The molecule has 0 unspecified atom stereocenters. The summed E-state index contributed by atoms with van der Waals surface area (Å²) >= 11 is 0. The van der Waals surface area contributed by atoms with Gasteiger partial charge in [-0.25, -0.2) is 19.6 Å². The molecule has 14 nitrogen and oxygen atoms in total. The Morgan fingerprint density at radius 2 is 1.76 bits per heavy atom. The maximum Gasteiger partial charge on any atom is 0.326 e. The van der Waals surface area contributed by atoms with Crippen molar-refractivity contribution < 1.29 is 29.4 Å². The first-order chi connectivity index (χ1) is 19.7. The topological polar surface area (TPSA) is 210 Å². The molecule has 41 heavy (non-hydrogen) atoms. The summed E-state index contributed by atoms with van der Waals surface area (Å²) in [4.78, 5) is 59.0. The van der Waals surface area contributed by atoms with E-state index in [1.165, 1.54) is 12.5 Å². The number of carboxylic acid groups (broad SMARTS) is 2. The van der Waals surface area contributed by atoms with Gasteiger partial charge in [0.1, 0.15) is 12.1 Å². The van der Waals surface area contributed by atoms with Gasteiger partial charge in [0.2, 0.25) is 11.8 Å². The van der Waals surface area contributed by atoms with Gasteiger partial charge in [0.25, 0.3) is 0 Å². The van der Waals surface area contributed by atoms with Crippen LogP contribution in [0.4, 0.5) is 0 Å². The third kappa shape index (κ3) is 9.31. The van der Waals surface area contributed by atoms with Gasteiger partial charge in [-0.3, -0.25) is 9.59 Å². The number of rotatable bonds is 18. The number of nitrogens with two attached hydrogens (primary N) is 1. The van der Waals surface area contributed by atoms with E-state index in [4.69, 9.17) is 5.73 Å². The Bertz CT molecular complexity index is 1300. The number of carbonyl (C=O) groups is 4. The minimum absolute atomic E-state index is 0.00792. The average Bonchev–Trinajstić information content (AvgIpc) is 3.68. The van der Waals surface area contributed by atoms with Gasteiger partial charge >= 0.3 is 11.9 Å². The second kappa shape index (κ2) is 15.4. The number of nitrogens with one attached hydrogen (secondary N) is 3. The van der Waals surface area contributed by atoms with Crippen LogP contribution in [0.2, 0.25) is 0 Å². The molecule has 7 N–H and O–H groups in total. The molecule has 0 spiro atoms. The number of aromatic nitrogens is 5. The molecular weight excluding hydrogens is 532 g/mol. The van der Waals surface area contributed by atoms with Gasteiger partial charge in [-0.15, -0.1) is 0 Å². The standard InChI is InChI=1S/C27H38N8O6/c1-2-3-4-5-22-23(35-15-19(31-17-35)13-21(27(40)41)32-24(36)6-9-28)7-10-34(22)11-8-25(37)33-20(26(38)39)12-18-14-29-16-30-18/h7,10,14-17,20-21H,2-6,8-9,11-13,28H2,1H3,(H,29,30)(H,32,36)(H,33,37)(H,38,39)(H,40,41)/t20-,21-/m0/s1. The van der Waals surface area contributed by atoms with Gasteiger partial charge in [-0.1, -0.05) is 19.8 Å². The van der Waals surface area contributed by atoms with E-state index in [0.717, 1.165) is 37.1 Å². The molecule has 3 aromatic rings. The monoisotopic (exact) mass is 570 g/mol. The van der Waals surface area contributed by atoms with E-state index in [2.05, 4.69) is 32.5 Å². The summed E-state index contributed by atoms with van der Waals surface area (Å²) in [5.74, 6) is -3.11. The summed E-state index contributed by atoms with van der Waals surface area (Å²) in [6.45, 7) is 2.58. The van der Waals surface area contributed by atoms with Gasteiger partial charge in [0, 0.05) is 68.8 Å². The molecular formula is C27H38N8O6. The number of aromatic amines is 1. The lowest BCUT2D eigenvalue weighted by atomic mass is 10.1. The molecule has 0 aromatic carbocycles. The fourth-order valence-corrected chi connectivity index (χ4v) is 4.46. The Morgan fingerprint density at radius 1 is 1.05 bits per heavy atom. The maximum atomic E-state index is 12.7. The number of carboxylic acids is 2. The van der Waals surface area contributed by atoms with Crippen molar-refractivity contribution in [1.82, 2.24) is 34.7 Å². The van der Waals surface area contributed by atoms with Crippen molar-refractivity contribution in [2.45, 2.75) is 76.9 Å². The SMILES string of the molecule is CCCCCc1c(-n2cnc(C[C@H](NC(=O)CCN)C(=O)O)c2)ccn1CCC(=O)N[C@@H](Cc1cnc[nH]1)C(=O)O. The number of amides is 2. The van der Waals surface area contributed by atoms with E-state index in [-0.39, 0.29) is 38.1 Å². The van der Waals surface area contributed by atoms with E-state index < -0.39 is 29.9 Å². The lowest BCUT2D eigenvalue weighted by molar-refractivity contribution is -0.142. The molecule has 2 amide bonds. The van der Waals surface area contributed by atoms with E-state index in [9.17, 15) is 29.4 Å². The first kappa shape index (κ1) is 31.1. The zero-order valence-corrected chi connectivity index (χ0v) is 23.1. The zero-order valence-electron chi connectivity index (χ0n) is 23.1. The van der Waals surface area contributed by atoms with Crippen LogP contribution < -0.4 is 16.4 Å². The molecule has 2 atom stereocenters. The number of carbonyl (C=O) groups excluding carboxylic acids is 2. The first-order valence-electron chi connectivity index (χ1n) is 13.6. The van der Waals surface area contributed by atoms with Gasteiger partial charge < -0.3 is 40.7 Å².